The second-order valence-corrected chi connectivity index (χ2v) is 7.06. The quantitative estimate of drug-likeness (QED) is 0.814. The standard InChI is InChI=1S/C11H12ClN3O5S2/c1-6-8(12)10(20-13-6)14-22(17,18)7-4-5-21-9(7)11(16)15(2)19-3/h4-5,14H,1-3H3. The van der Waals surface area contributed by atoms with Gasteiger partial charge in [0.1, 0.15) is 20.5 Å². The Morgan fingerprint density at radius 1 is 1.55 bits per heavy atom. The first kappa shape index (κ1) is 16.7. The summed E-state index contributed by atoms with van der Waals surface area (Å²) in [5.41, 5.74) is 0.347. The highest BCUT2D eigenvalue weighted by atomic mass is 35.5. The van der Waals surface area contributed by atoms with E-state index in [1.165, 1.54) is 25.6 Å². The second kappa shape index (κ2) is 6.24. The summed E-state index contributed by atoms with van der Waals surface area (Å²) in [6, 6.07) is 1.31. The van der Waals surface area contributed by atoms with Gasteiger partial charge in [-0.1, -0.05) is 16.8 Å². The molecular weight excluding hydrogens is 354 g/mol. The number of hydrogen-bond donors (Lipinski definition) is 1. The molecular formula is C11H12ClN3O5S2. The Kier molecular flexibility index (Phi) is 4.75. The van der Waals surface area contributed by atoms with E-state index in [0.717, 1.165) is 16.4 Å². The van der Waals surface area contributed by atoms with E-state index in [9.17, 15) is 13.2 Å². The molecule has 0 spiro atoms. The fourth-order valence-corrected chi connectivity index (χ4v) is 4.05. The SMILES string of the molecule is CON(C)C(=O)c1sccc1S(=O)(=O)Nc1onc(C)c1Cl. The molecule has 0 atom stereocenters. The van der Waals surface area contributed by atoms with Gasteiger partial charge in [0.15, 0.2) is 0 Å². The number of hydrogen-bond acceptors (Lipinski definition) is 7. The molecule has 11 heteroatoms. The van der Waals surface area contributed by atoms with E-state index in [1.807, 2.05) is 0 Å². The summed E-state index contributed by atoms with van der Waals surface area (Å²) >= 11 is 6.85. The highest BCUT2D eigenvalue weighted by Crippen LogP contribution is 2.30. The summed E-state index contributed by atoms with van der Waals surface area (Å²) in [4.78, 5) is 16.7. The third-order valence-corrected chi connectivity index (χ3v) is 5.54. The number of anilines is 1. The Labute approximate surface area is 135 Å². The van der Waals surface area contributed by atoms with Gasteiger partial charge in [-0.25, -0.2) is 18.2 Å². The number of hydroxylamine groups is 2. The number of thiophene rings is 1. The van der Waals surface area contributed by atoms with E-state index in [1.54, 1.807) is 6.92 Å². The average Bonchev–Trinajstić information content (AvgIpc) is 3.08. The summed E-state index contributed by atoms with van der Waals surface area (Å²) in [6.07, 6.45) is 0. The zero-order chi connectivity index (χ0) is 16.5. The van der Waals surface area contributed by atoms with Crippen LogP contribution in [0, 0.1) is 6.92 Å². The van der Waals surface area contributed by atoms with Crippen LogP contribution in [0.2, 0.25) is 5.02 Å². The van der Waals surface area contributed by atoms with E-state index in [0.29, 0.717) is 5.69 Å². The van der Waals surface area contributed by atoms with E-state index in [4.69, 9.17) is 21.0 Å². The van der Waals surface area contributed by atoms with Crippen LogP contribution in [-0.2, 0) is 14.9 Å². The van der Waals surface area contributed by atoms with Crippen LogP contribution in [0.4, 0.5) is 5.88 Å². The van der Waals surface area contributed by atoms with Gasteiger partial charge in [0.05, 0.1) is 7.11 Å². The summed E-state index contributed by atoms with van der Waals surface area (Å²) < 4.78 is 31.8. The molecule has 0 saturated heterocycles. The van der Waals surface area contributed by atoms with Crippen LogP contribution in [0.3, 0.4) is 0 Å². The number of aromatic nitrogens is 1. The molecule has 0 radical (unpaired) electrons. The van der Waals surface area contributed by atoms with Gasteiger partial charge in [-0.2, -0.15) is 0 Å². The van der Waals surface area contributed by atoms with Gasteiger partial charge in [-0.15, -0.1) is 11.3 Å². The molecule has 0 bridgehead atoms. The number of nitrogens with zero attached hydrogens (tertiary/aromatic N) is 2. The molecule has 0 aliphatic heterocycles. The lowest BCUT2D eigenvalue weighted by Gasteiger charge is -2.13. The molecule has 2 heterocycles. The zero-order valence-electron chi connectivity index (χ0n) is 11.8. The third-order valence-electron chi connectivity index (χ3n) is 2.69. The molecule has 1 N–H and O–H groups in total. The van der Waals surface area contributed by atoms with Gasteiger partial charge in [-0.3, -0.25) is 9.63 Å². The maximum atomic E-state index is 12.4. The van der Waals surface area contributed by atoms with Crippen molar-refractivity contribution in [2.75, 3.05) is 18.9 Å². The highest BCUT2D eigenvalue weighted by Gasteiger charge is 2.28. The number of aryl methyl sites for hydroxylation is 1. The van der Waals surface area contributed by atoms with Gasteiger partial charge < -0.3 is 4.52 Å². The Balaban J connectivity index is 2.37. The molecule has 0 unspecified atom stereocenters. The minimum atomic E-state index is -4.06. The van der Waals surface area contributed by atoms with Crippen LogP contribution in [0.5, 0.6) is 0 Å². The van der Waals surface area contributed by atoms with Crippen LogP contribution in [0.25, 0.3) is 0 Å². The fourth-order valence-electron chi connectivity index (χ4n) is 1.49. The lowest BCUT2D eigenvalue weighted by Crippen LogP contribution is -2.26. The number of amides is 1. The molecule has 0 aliphatic carbocycles. The van der Waals surface area contributed by atoms with Crippen LogP contribution in [0.1, 0.15) is 15.4 Å². The topological polar surface area (TPSA) is 102 Å². The van der Waals surface area contributed by atoms with E-state index in [-0.39, 0.29) is 20.7 Å². The largest absolute Gasteiger partial charge is 0.336 e. The molecule has 0 saturated carbocycles. The third kappa shape index (κ3) is 3.09. The summed E-state index contributed by atoms with van der Waals surface area (Å²) in [6.45, 7) is 1.57. The monoisotopic (exact) mass is 365 g/mol. The minimum absolute atomic E-state index is 0.00390. The molecule has 0 aliphatic rings. The molecule has 1 amide bonds. The van der Waals surface area contributed by atoms with Gasteiger partial charge >= 0.3 is 0 Å². The summed E-state index contributed by atoms with van der Waals surface area (Å²) in [5.74, 6) is -0.790. The van der Waals surface area contributed by atoms with Crippen molar-refractivity contribution in [3.8, 4) is 0 Å². The Bertz CT molecular complexity index is 799. The Morgan fingerprint density at radius 3 is 2.77 bits per heavy atom. The first-order valence-electron chi connectivity index (χ1n) is 5.82. The number of nitrogens with one attached hydrogen (secondary N) is 1. The molecule has 8 nitrogen and oxygen atoms in total. The number of carbonyl (C=O) groups is 1. The molecule has 22 heavy (non-hydrogen) atoms. The Morgan fingerprint density at radius 2 is 2.23 bits per heavy atom. The fraction of sp³-hybridized carbons (Fsp3) is 0.273. The maximum Gasteiger partial charge on any atom is 0.288 e. The molecule has 0 fully saturated rings. The maximum absolute atomic E-state index is 12.4. The second-order valence-electron chi connectivity index (χ2n) is 4.12. The van der Waals surface area contributed by atoms with Gasteiger partial charge in [0.2, 0.25) is 0 Å². The van der Waals surface area contributed by atoms with Crippen LogP contribution >= 0.6 is 22.9 Å². The molecule has 2 aromatic rings. The van der Waals surface area contributed by atoms with Crippen molar-refractivity contribution in [1.29, 1.82) is 0 Å². The number of sulfonamides is 1. The summed E-state index contributed by atoms with van der Waals surface area (Å²) in [7, 11) is -1.38. The first-order valence-corrected chi connectivity index (χ1v) is 8.56. The smallest absolute Gasteiger partial charge is 0.288 e. The van der Waals surface area contributed by atoms with Crippen LogP contribution in [-0.4, -0.2) is 38.7 Å². The van der Waals surface area contributed by atoms with Gasteiger partial charge in [0, 0.05) is 7.05 Å². The molecule has 2 aromatic heterocycles. The molecule has 120 valence electrons. The number of rotatable bonds is 5. The van der Waals surface area contributed by atoms with Crippen molar-refractivity contribution >= 4 is 44.8 Å². The highest BCUT2D eigenvalue weighted by molar-refractivity contribution is 7.93. The van der Waals surface area contributed by atoms with Crippen LogP contribution < -0.4 is 4.72 Å². The molecule has 0 aromatic carbocycles. The van der Waals surface area contributed by atoms with Crippen molar-refractivity contribution in [3.63, 3.8) is 0 Å². The van der Waals surface area contributed by atoms with Crippen molar-refractivity contribution in [2.45, 2.75) is 11.8 Å². The lowest BCUT2D eigenvalue weighted by molar-refractivity contribution is -0.0755. The van der Waals surface area contributed by atoms with Gasteiger partial charge in [0.25, 0.3) is 21.8 Å². The normalized spacial score (nSPS) is 11.5. The van der Waals surface area contributed by atoms with Gasteiger partial charge in [-0.05, 0) is 18.4 Å². The molecule has 2 rings (SSSR count). The number of carbonyl (C=O) groups excluding carboxylic acids is 1. The Hall–Kier alpha value is -1.62. The first-order chi connectivity index (χ1) is 10.3. The summed E-state index contributed by atoms with van der Waals surface area (Å²) in [5, 5.41) is 6.02. The predicted molar refractivity (Wildman–Crippen MR) is 80.5 cm³/mol. The van der Waals surface area contributed by atoms with Crippen molar-refractivity contribution in [3.05, 3.63) is 27.0 Å². The van der Waals surface area contributed by atoms with E-state index >= 15 is 0 Å². The van der Waals surface area contributed by atoms with Crippen molar-refractivity contribution in [1.82, 2.24) is 10.2 Å². The predicted octanol–water partition coefficient (Wildman–Crippen LogP) is 2.13. The zero-order valence-corrected chi connectivity index (χ0v) is 14.2. The minimum Gasteiger partial charge on any atom is -0.336 e. The van der Waals surface area contributed by atoms with E-state index < -0.39 is 15.9 Å². The average molecular weight is 366 g/mol. The number of halogens is 1. The van der Waals surface area contributed by atoms with Crippen molar-refractivity contribution in [2.24, 2.45) is 0 Å². The van der Waals surface area contributed by atoms with Crippen LogP contribution in [0.15, 0.2) is 20.9 Å². The van der Waals surface area contributed by atoms with Crippen molar-refractivity contribution < 1.29 is 22.6 Å². The van der Waals surface area contributed by atoms with E-state index in [2.05, 4.69) is 9.88 Å². The lowest BCUT2D eigenvalue weighted by atomic mass is 10.4.